The number of hydrogen-bond donors (Lipinski definition) is 2. The topological polar surface area (TPSA) is 92.3 Å². The van der Waals surface area contributed by atoms with Gasteiger partial charge in [0.15, 0.2) is 9.84 Å². The summed E-state index contributed by atoms with van der Waals surface area (Å²) in [6.07, 6.45) is -0.296. The summed E-state index contributed by atoms with van der Waals surface area (Å²) in [4.78, 5) is 24.5. The summed E-state index contributed by atoms with van der Waals surface area (Å²) in [6, 6.07) is 8.20. The van der Waals surface area contributed by atoms with Crippen molar-refractivity contribution >= 4 is 56.4 Å². The molecule has 1 heterocycles. The zero-order valence-electron chi connectivity index (χ0n) is 14.7. The average molecular weight is 443 g/mol. The summed E-state index contributed by atoms with van der Waals surface area (Å²) in [5.74, 6) is -1.07. The molecule has 1 atom stereocenters. The van der Waals surface area contributed by atoms with Crippen LogP contribution in [0.1, 0.15) is 13.3 Å². The number of amides is 2. The molecule has 0 radical (unpaired) electrons. The maximum atomic E-state index is 13.2. The minimum absolute atomic E-state index is 0.0270. The molecular formula is C18H16ClFN2O4S2. The third kappa shape index (κ3) is 4.48. The summed E-state index contributed by atoms with van der Waals surface area (Å²) >= 11 is 7.00. The number of hydrogen-bond acceptors (Lipinski definition) is 5. The lowest BCUT2D eigenvalue weighted by molar-refractivity contribution is -0.116. The smallest absolute Gasteiger partial charge is 0.234 e. The molecule has 0 unspecified atom stereocenters. The Morgan fingerprint density at radius 3 is 2.79 bits per heavy atom. The lowest BCUT2D eigenvalue weighted by Gasteiger charge is -2.18. The molecular weight excluding hydrogens is 427 g/mol. The Bertz CT molecular complexity index is 1060. The number of nitrogens with one attached hydrogen (secondary N) is 2. The van der Waals surface area contributed by atoms with Crippen molar-refractivity contribution in [2.24, 2.45) is 0 Å². The number of halogens is 2. The van der Waals surface area contributed by atoms with E-state index >= 15 is 0 Å². The molecule has 0 saturated heterocycles. The molecule has 0 spiro atoms. The Hall–Kier alpha value is -2.10. The van der Waals surface area contributed by atoms with Gasteiger partial charge >= 0.3 is 0 Å². The Labute approximate surface area is 170 Å². The molecule has 1 aliphatic rings. The van der Waals surface area contributed by atoms with Crippen molar-refractivity contribution < 1.29 is 22.4 Å². The molecule has 2 N–H and O–H groups in total. The van der Waals surface area contributed by atoms with Crippen molar-refractivity contribution in [3.63, 3.8) is 0 Å². The van der Waals surface area contributed by atoms with Gasteiger partial charge in [-0.2, -0.15) is 0 Å². The number of sulfone groups is 1. The third-order valence-corrected chi connectivity index (χ3v) is 7.62. The third-order valence-electron chi connectivity index (χ3n) is 4.12. The first-order valence-corrected chi connectivity index (χ1v) is 11.1. The molecule has 3 rings (SSSR count). The van der Waals surface area contributed by atoms with E-state index < -0.39 is 26.8 Å². The highest BCUT2D eigenvalue weighted by molar-refractivity contribution is 8.00. The molecule has 2 amide bonds. The Morgan fingerprint density at radius 1 is 1.32 bits per heavy atom. The Kier molecular flexibility index (Phi) is 5.97. The van der Waals surface area contributed by atoms with Gasteiger partial charge in [-0.25, -0.2) is 12.8 Å². The lowest BCUT2D eigenvalue weighted by atomic mass is 10.2. The van der Waals surface area contributed by atoms with Crippen molar-refractivity contribution in [3.8, 4) is 0 Å². The van der Waals surface area contributed by atoms with Crippen molar-refractivity contribution in [2.75, 3.05) is 16.4 Å². The van der Waals surface area contributed by atoms with Crippen LogP contribution in [0.3, 0.4) is 0 Å². The second-order valence-corrected chi connectivity index (χ2v) is 10.0. The van der Waals surface area contributed by atoms with E-state index in [1.165, 1.54) is 43.0 Å². The molecule has 28 heavy (non-hydrogen) atoms. The van der Waals surface area contributed by atoms with Crippen LogP contribution in [0.2, 0.25) is 5.02 Å². The Balaban J connectivity index is 1.73. The van der Waals surface area contributed by atoms with Crippen LogP contribution in [0, 0.1) is 5.82 Å². The van der Waals surface area contributed by atoms with Crippen LogP contribution in [-0.4, -0.2) is 31.2 Å². The molecule has 1 aliphatic heterocycles. The van der Waals surface area contributed by atoms with Gasteiger partial charge in [0, 0.05) is 17.0 Å². The quantitative estimate of drug-likeness (QED) is 0.736. The van der Waals surface area contributed by atoms with E-state index in [1.54, 1.807) is 6.07 Å². The molecule has 0 bridgehead atoms. The zero-order valence-corrected chi connectivity index (χ0v) is 17.1. The number of benzene rings is 2. The van der Waals surface area contributed by atoms with E-state index in [0.29, 0.717) is 5.69 Å². The van der Waals surface area contributed by atoms with Gasteiger partial charge in [-0.1, -0.05) is 11.6 Å². The lowest BCUT2D eigenvalue weighted by Crippen LogP contribution is -2.25. The van der Waals surface area contributed by atoms with Crippen LogP contribution in [0.4, 0.5) is 15.8 Å². The highest BCUT2D eigenvalue weighted by atomic mass is 35.5. The molecule has 0 fully saturated rings. The minimum atomic E-state index is -3.80. The Morgan fingerprint density at radius 2 is 2.07 bits per heavy atom. The predicted molar refractivity (Wildman–Crippen MR) is 107 cm³/mol. The largest absolute Gasteiger partial charge is 0.326 e. The van der Waals surface area contributed by atoms with Crippen LogP contribution < -0.4 is 10.6 Å². The van der Waals surface area contributed by atoms with Gasteiger partial charge in [-0.05, 0) is 43.3 Å². The van der Waals surface area contributed by atoms with Crippen molar-refractivity contribution in [2.45, 2.75) is 28.4 Å². The molecule has 10 heteroatoms. The fourth-order valence-corrected chi connectivity index (χ4v) is 4.97. The van der Waals surface area contributed by atoms with Gasteiger partial charge < -0.3 is 10.6 Å². The first-order chi connectivity index (χ1) is 13.2. The maximum Gasteiger partial charge on any atom is 0.234 e. The minimum Gasteiger partial charge on any atom is -0.326 e. The summed E-state index contributed by atoms with van der Waals surface area (Å²) in [5, 5.41) is 4.00. The summed E-state index contributed by atoms with van der Waals surface area (Å²) < 4.78 is 38.8. The number of fused-ring (bicyclic) bond motifs is 1. The van der Waals surface area contributed by atoms with Gasteiger partial charge in [0.05, 0.1) is 26.6 Å². The number of carbonyl (C=O) groups excluding carboxylic acids is 2. The first kappa shape index (κ1) is 20.6. The highest BCUT2D eigenvalue weighted by Gasteiger charge is 2.27. The molecule has 148 valence electrons. The summed E-state index contributed by atoms with van der Waals surface area (Å²) in [5.41, 5.74) is 0.717. The second kappa shape index (κ2) is 8.10. The SMILES string of the molecule is C[C@H](CC(=O)Nc1ccc(F)c(Cl)c1)S(=O)(=O)c1ccc2c(c1)NC(=O)CS2. The van der Waals surface area contributed by atoms with Gasteiger partial charge in [0.1, 0.15) is 5.82 Å². The van der Waals surface area contributed by atoms with Crippen LogP contribution in [0.25, 0.3) is 0 Å². The zero-order chi connectivity index (χ0) is 20.5. The van der Waals surface area contributed by atoms with Gasteiger partial charge in [-0.3, -0.25) is 9.59 Å². The van der Waals surface area contributed by atoms with E-state index in [4.69, 9.17) is 11.6 Å². The fourth-order valence-electron chi connectivity index (χ4n) is 2.63. The van der Waals surface area contributed by atoms with E-state index in [2.05, 4.69) is 10.6 Å². The molecule has 0 aromatic heterocycles. The van der Waals surface area contributed by atoms with Crippen molar-refractivity contribution in [3.05, 3.63) is 47.2 Å². The maximum absolute atomic E-state index is 13.2. The van der Waals surface area contributed by atoms with Crippen LogP contribution in [0.15, 0.2) is 46.2 Å². The van der Waals surface area contributed by atoms with Crippen LogP contribution >= 0.6 is 23.4 Å². The summed E-state index contributed by atoms with van der Waals surface area (Å²) in [7, 11) is -3.80. The van der Waals surface area contributed by atoms with Crippen LogP contribution in [-0.2, 0) is 19.4 Å². The van der Waals surface area contributed by atoms with E-state index in [0.717, 1.165) is 11.0 Å². The first-order valence-electron chi connectivity index (χ1n) is 8.22. The number of thioether (sulfide) groups is 1. The molecule has 6 nitrogen and oxygen atoms in total. The van der Waals surface area contributed by atoms with E-state index in [1.807, 2.05) is 0 Å². The van der Waals surface area contributed by atoms with Gasteiger partial charge in [0.2, 0.25) is 11.8 Å². The summed E-state index contributed by atoms with van der Waals surface area (Å²) in [6.45, 7) is 1.43. The monoisotopic (exact) mass is 442 g/mol. The molecule has 2 aromatic rings. The number of carbonyl (C=O) groups is 2. The number of anilines is 2. The van der Waals surface area contributed by atoms with E-state index in [-0.39, 0.29) is 33.7 Å². The van der Waals surface area contributed by atoms with Gasteiger partial charge in [-0.15, -0.1) is 11.8 Å². The van der Waals surface area contributed by atoms with Crippen molar-refractivity contribution in [1.29, 1.82) is 0 Å². The number of rotatable bonds is 5. The predicted octanol–water partition coefficient (Wildman–Crippen LogP) is 3.71. The normalized spacial score (nSPS) is 14.8. The molecule has 0 aliphatic carbocycles. The molecule has 2 aromatic carbocycles. The molecule has 0 saturated carbocycles. The van der Waals surface area contributed by atoms with Crippen molar-refractivity contribution in [1.82, 2.24) is 0 Å². The van der Waals surface area contributed by atoms with Crippen LogP contribution in [0.5, 0.6) is 0 Å². The van der Waals surface area contributed by atoms with Gasteiger partial charge in [0.25, 0.3) is 0 Å². The van der Waals surface area contributed by atoms with E-state index in [9.17, 15) is 22.4 Å². The highest BCUT2D eigenvalue weighted by Crippen LogP contribution is 2.34. The second-order valence-electron chi connectivity index (χ2n) is 6.23. The fraction of sp³-hybridized carbons (Fsp3) is 0.222. The standard InChI is InChI=1S/C18H16ClFN2O4S2/c1-10(6-17(23)21-11-2-4-14(20)13(19)7-11)28(25,26)12-3-5-16-15(8-12)22-18(24)9-27-16/h2-5,7-8,10H,6,9H2,1H3,(H,21,23)(H,22,24)/t10-/m1/s1. The average Bonchev–Trinajstić information content (AvgIpc) is 2.64.